The number of pyridine rings is 1. The Morgan fingerprint density at radius 2 is 2.04 bits per heavy atom. The summed E-state index contributed by atoms with van der Waals surface area (Å²) in [4.78, 5) is 21.6. The van der Waals surface area contributed by atoms with Crippen molar-refractivity contribution in [3.05, 3.63) is 48.5 Å². The molecule has 3 aromatic rings. The van der Waals surface area contributed by atoms with Gasteiger partial charge in [-0.25, -0.2) is 9.50 Å². The SMILES string of the molecule is NCCCN(CC(F)(F)F)C(=O)c1cnn2c(-c3cccnc3)ccnc12. The van der Waals surface area contributed by atoms with E-state index in [0.717, 1.165) is 10.5 Å². The van der Waals surface area contributed by atoms with Crippen molar-refractivity contribution >= 4 is 11.6 Å². The second-order valence-electron chi connectivity index (χ2n) is 5.85. The van der Waals surface area contributed by atoms with Gasteiger partial charge in [-0.1, -0.05) is 0 Å². The molecule has 0 spiro atoms. The second-order valence-corrected chi connectivity index (χ2v) is 5.85. The fourth-order valence-electron chi connectivity index (χ4n) is 2.70. The van der Waals surface area contributed by atoms with Crippen molar-refractivity contribution in [1.82, 2.24) is 24.5 Å². The first-order valence-electron chi connectivity index (χ1n) is 8.20. The van der Waals surface area contributed by atoms with E-state index in [4.69, 9.17) is 5.73 Å². The molecule has 0 atom stereocenters. The highest BCUT2D eigenvalue weighted by atomic mass is 19.4. The van der Waals surface area contributed by atoms with Gasteiger partial charge in [-0.15, -0.1) is 0 Å². The van der Waals surface area contributed by atoms with Gasteiger partial charge in [0, 0.05) is 30.7 Å². The normalized spacial score (nSPS) is 11.7. The van der Waals surface area contributed by atoms with Crippen molar-refractivity contribution < 1.29 is 18.0 Å². The van der Waals surface area contributed by atoms with Crippen molar-refractivity contribution in [1.29, 1.82) is 0 Å². The third-order valence-electron chi connectivity index (χ3n) is 3.88. The summed E-state index contributed by atoms with van der Waals surface area (Å²) in [5, 5.41) is 4.15. The predicted molar refractivity (Wildman–Crippen MR) is 91.8 cm³/mol. The van der Waals surface area contributed by atoms with Gasteiger partial charge in [0.25, 0.3) is 5.91 Å². The zero-order valence-corrected chi connectivity index (χ0v) is 14.2. The quantitative estimate of drug-likeness (QED) is 0.710. The molecule has 2 N–H and O–H groups in total. The first-order valence-corrected chi connectivity index (χ1v) is 8.20. The number of hydrogen-bond donors (Lipinski definition) is 1. The Labute approximate surface area is 152 Å². The van der Waals surface area contributed by atoms with Crippen LogP contribution >= 0.6 is 0 Å². The van der Waals surface area contributed by atoms with E-state index in [1.165, 1.54) is 16.9 Å². The summed E-state index contributed by atoms with van der Waals surface area (Å²) in [6, 6.07) is 5.24. The van der Waals surface area contributed by atoms with E-state index in [1.54, 1.807) is 24.5 Å². The Balaban J connectivity index is 1.99. The molecule has 142 valence electrons. The van der Waals surface area contributed by atoms with Crippen LogP contribution in [-0.2, 0) is 0 Å². The number of aromatic nitrogens is 4. The fourth-order valence-corrected chi connectivity index (χ4v) is 2.70. The van der Waals surface area contributed by atoms with Gasteiger partial charge in [0.05, 0.1) is 11.9 Å². The first-order chi connectivity index (χ1) is 12.9. The molecule has 0 radical (unpaired) electrons. The van der Waals surface area contributed by atoms with Crippen LogP contribution < -0.4 is 5.73 Å². The van der Waals surface area contributed by atoms with Gasteiger partial charge in [0.1, 0.15) is 12.1 Å². The summed E-state index contributed by atoms with van der Waals surface area (Å²) < 4.78 is 40.0. The van der Waals surface area contributed by atoms with E-state index >= 15 is 0 Å². The average Bonchev–Trinajstić information content (AvgIpc) is 3.08. The standard InChI is InChI=1S/C17H17F3N6O/c18-17(19,20)11-25(8-2-5-21)16(27)13-10-24-26-14(4-7-23-15(13)26)12-3-1-6-22-9-12/h1,3-4,6-7,9-10H,2,5,8,11,21H2. The van der Waals surface area contributed by atoms with Crippen molar-refractivity contribution in [2.24, 2.45) is 5.73 Å². The third-order valence-corrected chi connectivity index (χ3v) is 3.88. The highest BCUT2D eigenvalue weighted by molar-refractivity contribution is 6.00. The monoisotopic (exact) mass is 378 g/mol. The van der Waals surface area contributed by atoms with Gasteiger partial charge in [-0.3, -0.25) is 9.78 Å². The van der Waals surface area contributed by atoms with E-state index in [-0.39, 0.29) is 30.7 Å². The van der Waals surface area contributed by atoms with Gasteiger partial charge in [0.15, 0.2) is 5.65 Å². The molecule has 0 aliphatic carbocycles. The molecule has 1 amide bonds. The highest BCUT2D eigenvalue weighted by Gasteiger charge is 2.34. The number of nitrogens with zero attached hydrogens (tertiary/aromatic N) is 5. The van der Waals surface area contributed by atoms with E-state index < -0.39 is 18.6 Å². The average molecular weight is 378 g/mol. The maximum atomic E-state index is 12.9. The van der Waals surface area contributed by atoms with Gasteiger partial charge >= 0.3 is 6.18 Å². The molecule has 0 aromatic carbocycles. The maximum Gasteiger partial charge on any atom is 0.406 e. The van der Waals surface area contributed by atoms with Crippen LogP contribution in [0.1, 0.15) is 16.8 Å². The topological polar surface area (TPSA) is 89.4 Å². The molecule has 0 fully saturated rings. The Morgan fingerprint density at radius 1 is 1.22 bits per heavy atom. The number of rotatable bonds is 6. The zero-order valence-electron chi connectivity index (χ0n) is 14.2. The lowest BCUT2D eigenvalue weighted by Crippen LogP contribution is -2.40. The van der Waals surface area contributed by atoms with Crippen LogP contribution in [0, 0.1) is 0 Å². The molecule has 0 saturated carbocycles. The van der Waals surface area contributed by atoms with Gasteiger partial charge in [0.2, 0.25) is 0 Å². The van der Waals surface area contributed by atoms with Crippen LogP contribution in [0.15, 0.2) is 43.0 Å². The Hall–Kier alpha value is -3.01. The lowest BCUT2D eigenvalue weighted by Gasteiger charge is -2.23. The summed E-state index contributed by atoms with van der Waals surface area (Å²) in [5.74, 6) is -0.786. The molecule has 3 rings (SSSR count). The van der Waals surface area contributed by atoms with Crippen LogP contribution in [-0.4, -0.2) is 56.2 Å². The summed E-state index contributed by atoms with van der Waals surface area (Å²) in [7, 11) is 0. The van der Waals surface area contributed by atoms with E-state index in [2.05, 4.69) is 15.1 Å². The molecule has 27 heavy (non-hydrogen) atoms. The van der Waals surface area contributed by atoms with Crippen molar-refractivity contribution in [2.75, 3.05) is 19.6 Å². The number of alkyl halides is 3. The van der Waals surface area contributed by atoms with Crippen molar-refractivity contribution in [3.63, 3.8) is 0 Å². The van der Waals surface area contributed by atoms with Crippen LogP contribution in [0.3, 0.4) is 0 Å². The maximum absolute atomic E-state index is 12.9. The molecule has 0 aliphatic heterocycles. The Morgan fingerprint density at radius 3 is 2.70 bits per heavy atom. The predicted octanol–water partition coefficient (Wildman–Crippen LogP) is 2.14. The number of halogens is 3. The molecular weight excluding hydrogens is 361 g/mol. The smallest absolute Gasteiger partial charge is 0.330 e. The number of carbonyl (C=O) groups is 1. The molecule has 0 saturated heterocycles. The molecule has 10 heteroatoms. The summed E-state index contributed by atoms with van der Waals surface area (Å²) >= 11 is 0. The van der Waals surface area contributed by atoms with Crippen LogP contribution in [0.2, 0.25) is 0 Å². The van der Waals surface area contributed by atoms with Crippen molar-refractivity contribution in [3.8, 4) is 11.3 Å². The van der Waals surface area contributed by atoms with E-state index in [9.17, 15) is 18.0 Å². The number of fused-ring (bicyclic) bond motifs is 1. The number of hydrogen-bond acceptors (Lipinski definition) is 5. The molecule has 3 heterocycles. The van der Waals surface area contributed by atoms with Gasteiger partial charge < -0.3 is 10.6 Å². The number of nitrogens with two attached hydrogens (primary N) is 1. The first kappa shape index (κ1) is 18.8. The van der Waals surface area contributed by atoms with E-state index in [0.29, 0.717) is 5.69 Å². The second kappa shape index (κ2) is 7.70. The van der Waals surface area contributed by atoms with Gasteiger partial charge in [-0.05, 0) is 31.2 Å². The largest absolute Gasteiger partial charge is 0.406 e. The Bertz CT molecular complexity index is 925. The van der Waals surface area contributed by atoms with Crippen LogP contribution in [0.4, 0.5) is 13.2 Å². The van der Waals surface area contributed by atoms with Crippen LogP contribution in [0.5, 0.6) is 0 Å². The number of amides is 1. The summed E-state index contributed by atoms with van der Waals surface area (Å²) in [5.41, 5.74) is 6.92. The van der Waals surface area contributed by atoms with Gasteiger partial charge in [-0.2, -0.15) is 18.3 Å². The molecule has 3 aromatic heterocycles. The highest BCUT2D eigenvalue weighted by Crippen LogP contribution is 2.22. The minimum Gasteiger partial charge on any atom is -0.330 e. The molecule has 7 nitrogen and oxygen atoms in total. The fraction of sp³-hybridized carbons (Fsp3) is 0.294. The minimum atomic E-state index is -4.51. The molecule has 0 bridgehead atoms. The molecular formula is C17H17F3N6O. The molecule has 0 unspecified atom stereocenters. The zero-order chi connectivity index (χ0) is 19.4. The number of carbonyl (C=O) groups excluding carboxylic acids is 1. The third kappa shape index (κ3) is 4.22. The summed E-state index contributed by atoms with van der Waals surface area (Å²) in [6.07, 6.45) is 1.69. The van der Waals surface area contributed by atoms with Crippen molar-refractivity contribution in [2.45, 2.75) is 12.6 Å². The Kier molecular flexibility index (Phi) is 5.36. The molecule has 0 aliphatic rings. The van der Waals surface area contributed by atoms with E-state index in [1.807, 2.05) is 6.07 Å². The lowest BCUT2D eigenvalue weighted by atomic mass is 10.2. The lowest BCUT2D eigenvalue weighted by molar-refractivity contribution is -0.140. The van der Waals surface area contributed by atoms with Crippen LogP contribution in [0.25, 0.3) is 16.9 Å². The summed E-state index contributed by atoms with van der Waals surface area (Å²) in [6.45, 7) is -1.28. The minimum absolute atomic E-state index is 0.00186.